The number of aliphatic hydroxyl groups is 13. The molecular formula is C67H100O27. The molecule has 5 aliphatic heterocycles. The minimum atomic E-state index is -2.05. The van der Waals surface area contributed by atoms with Gasteiger partial charge in [-0.25, -0.2) is 4.79 Å². The molecule has 10 aliphatic rings. The fourth-order valence-corrected chi connectivity index (χ4v) is 18.5. The topological polar surface area (TPSA) is 419 Å². The van der Waals surface area contributed by atoms with Crippen LogP contribution in [0.25, 0.3) is 6.08 Å². The van der Waals surface area contributed by atoms with E-state index in [4.69, 9.17) is 52.1 Å². The lowest BCUT2D eigenvalue weighted by Gasteiger charge is -2.71. The van der Waals surface area contributed by atoms with E-state index in [-0.39, 0.29) is 40.4 Å². The Labute approximate surface area is 546 Å². The van der Waals surface area contributed by atoms with Crippen molar-refractivity contribution in [3.05, 3.63) is 53.6 Å². The highest BCUT2D eigenvalue weighted by Crippen LogP contribution is 2.76. The van der Waals surface area contributed by atoms with Crippen molar-refractivity contribution in [1.82, 2.24) is 0 Å². The van der Waals surface area contributed by atoms with Crippen LogP contribution in [-0.2, 0) is 61.7 Å². The predicted octanol–water partition coefficient (Wildman–Crippen LogP) is -0.104. The van der Waals surface area contributed by atoms with Crippen molar-refractivity contribution in [3.63, 3.8) is 0 Å². The van der Waals surface area contributed by atoms with Crippen LogP contribution in [-0.4, -0.2) is 263 Å². The van der Waals surface area contributed by atoms with Gasteiger partial charge in [-0.3, -0.25) is 4.79 Å². The molecule has 27 nitrogen and oxygen atoms in total. The second-order valence-electron chi connectivity index (χ2n) is 30.4. The number of hydrogen-bond donors (Lipinski definition) is 14. The number of carbonyl (C=O) groups excluding carboxylic acids is 1. The third-order valence-corrected chi connectivity index (χ3v) is 24.4. The number of hydrogen-bond acceptors (Lipinski definition) is 26. The van der Waals surface area contributed by atoms with E-state index in [1.807, 2.05) is 30.3 Å². The lowest BCUT2D eigenvalue weighted by molar-refractivity contribution is -0.404. The summed E-state index contributed by atoms with van der Waals surface area (Å²) < 4.78 is 67.5. The first kappa shape index (κ1) is 72.0. The Kier molecular flexibility index (Phi) is 20.9. The second-order valence-corrected chi connectivity index (χ2v) is 30.4. The van der Waals surface area contributed by atoms with E-state index in [9.17, 15) is 81.1 Å². The van der Waals surface area contributed by atoms with Gasteiger partial charge in [0.1, 0.15) is 110 Å². The Balaban J connectivity index is 0.820. The smallest absolute Gasteiger partial charge is 0.331 e. The van der Waals surface area contributed by atoms with Crippen LogP contribution in [0.15, 0.2) is 48.1 Å². The van der Waals surface area contributed by atoms with Gasteiger partial charge in [-0.2, -0.15) is 0 Å². The van der Waals surface area contributed by atoms with Crippen molar-refractivity contribution in [2.75, 3.05) is 26.4 Å². The van der Waals surface area contributed by atoms with Crippen LogP contribution in [0.4, 0.5) is 0 Å². The highest BCUT2D eigenvalue weighted by molar-refractivity contribution is 5.87. The number of carbonyl (C=O) groups is 2. The molecule has 5 saturated heterocycles. The summed E-state index contributed by atoms with van der Waals surface area (Å²) in [7, 11) is 0. The SMILES string of the molecule is C[C@@H]1O[C@@H](O[C@H]2[C@H](O[C@H]3[C@H](O[C@@H]4CO[C@@H](O[C@H]5CC[C@@]6(C)C(CC[C@]7(C)C6CC=C6C8CC(C)(C)[C@@H](OC(=O)/C=C/c9ccccc9)C[C@]8(C(=O)O)CC[C@]67C)C5(C)C)[C@H](O)[C@H]4O[C@@H]4OC[C@H](O)[C@H](O)[C@H]4O)O[C@H](CO)[C@@H](O)[C@@H]3O)O[C@H](CO)[C@@H](O)[C@@H]2O)[C@H](O)[C@H](O)[C@H]1O. The van der Waals surface area contributed by atoms with Crippen LogP contribution in [0.5, 0.6) is 0 Å². The summed E-state index contributed by atoms with van der Waals surface area (Å²) in [6, 6.07) is 9.43. The van der Waals surface area contributed by atoms with Crippen LogP contribution in [0.3, 0.4) is 0 Å². The van der Waals surface area contributed by atoms with Crippen molar-refractivity contribution >= 4 is 18.0 Å². The van der Waals surface area contributed by atoms with Crippen LogP contribution in [0, 0.1) is 50.2 Å². The molecule has 32 atom stereocenters. The number of ether oxygens (including phenoxy) is 11. The molecule has 3 unspecified atom stereocenters. The zero-order valence-electron chi connectivity index (χ0n) is 54.5. The lowest BCUT2D eigenvalue weighted by atomic mass is 9.33. The summed E-state index contributed by atoms with van der Waals surface area (Å²) in [5.74, 6) is -1.42. The summed E-state index contributed by atoms with van der Waals surface area (Å²) in [5, 5.41) is 154. The number of aliphatic hydroxyl groups excluding tert-OH is 13. The van der Waals surface area contributed by atoms with E-state index in [0.717, 1.165) is 24.8 Å². The molecule has 9 fully saturated rings. The summed E-state index contributed by atoms with van der Waals surface area (Å²) in [5.41, 5.74) is -1.05. The molecule has 0 spiro atoms. The first-order valence-electron chi connectivity index (χ1n) is 33.3. The minimum absolute atomic E-state index is 0.0692. The van der Waals surface area contributed by atoms with Crippen molar-refractivity contribution in [3.8, 4) is 0 Å². The molecule has 14 N–H and O–H groups in total. The number of benzene rings is 1. The van der Waals surface area contributed by atoms with Crippen molar-refractivity contribution < 1.29 is 133 Å². The van der Waals surface area contributed by atoms with Crippen molar-refractivity contribution in [1.29, 1.82) is 0 Å². The summed E-state index contributed by atoms with van der Waals surface area (Å²) in [6.45, 7) is 14.1. The van der Waals surface area contributed by atoms with Gasteiger partial charge in [0.15, 0.2) is 31.5 Å². The van der Waals surface area contributed by atoms with Gasteiger partial charge in [0.2, 0.25) is 0 Å². The Morgan fingerprint density at radius 2 is 1.17 bits per heavy atom. The molecule has 0 bridgehead atoms. The molecule has 11 rings (SSSR count). The normalized spacial score (nSPS) is 50.1. The number of allylic oxidation sites excluding steroid dienone is 2. The molecule has 27 heteroatoms. The fourth-order valence-electron chi connectivity index (χ4n) is 18.5. The highest BCUT2D eigenvalue weighted by atomic mass is 16.8. The maximum absolute atomic E-state index is 13.8. The Morgan fingerprint density at radius 1 is 0.574 bits per heavy atom. The molecule has 530 valence electrons. The maximum atomic E-state index is 13.8. The van der Waals surface area contributed by atoms with Crippen LogP contribution in [0.1, 0.15) is 119 Å². The largest absolute Gasteiger partial charge is 0.481 e. The molecule has 1 aromatic rings. The fraction of sp³-hybridized carbons (Fsp3) is 0.821. The predicted molar refractivity (Wildman–Crippen MR) is 323 cm³/mol. The molecule has 0 amide bonds. The van der Waals surface area contributed by atoms with E-state index >= 15 is 0 Å². The summed E-state index contributed by atoms with van der Waals surface area (Å²) in [4.78, 5) is 27.2. The van der Waals surface area contributed by atoms with Gasteiger partial charge in [0, 0.05) is 17.9 Å². The zero-order valence-corrected chi connectivity index (χ0v) is 54.5. The molecule has 5 aliphatic carbocycles. The number of esters is 1. The van der Waals surface area contributed by atoms with E-state index in [1.54, 1.807) is 6.08 Å². The Bertz CT molecular complexity index is 2860. The molecule has 0 radical (unpaired) electrons. The average Bonchev–Trinajstić information content (AvgIpc) is 0.676. The van der Waals surface area contributed by atoms with Gasteiger partial charge in [0.25, 0.3) is 0 Å². The highest BCUT2D eigenvalue weighted by Gasteiger charge is 2.71. The monoisotopic (exact) mass is 1340 g/mol. The van der Waals surface area contributed by atoms with Crippen molar-refractivity contribution in [2.24, 2.45) is 50.2 Å². The number of rotatable bonds is 16. The number of aliphatic carboxylic acids is 1. The molecule has 4 saturated carbocycles. The van der Waals surface area contributed by atoms with Gasteiger partial charge in [0.05, 0.1) is 44.1 Å². The number of carboxylic acid groups (broad SMARTS) is 1. The third-order valence-electron chi connectivity index (χ3n) is 24.4. The number of fused-ring (bicyclic) bond motifs is 7. The first-order valence-corrected chi connectivity index (χ1v) is 33.3. The van der Waals surface area contributed by atoms with E-state index in [1.165, 1.54) is 18.6 Å². The van der Waals surface area contributed by atoms with Crippen molar-refractivity contribution in [2.45, 2.75) is 267 Å². The molecule has 1 aromatic carbocycles. The van der Waals surface area contributed by atoms with E-state index in [2.05, 4.69) is 54.5 Å². The minimum Gasteiger partial charge on any atom is -0.481 e. The Morgan fingerprint density at radius 3 is 1.81 bits per heavy atom. The van der Waals surface area contributed by atoms with Crippen LogP contribution in [0.2, 0.25) is 0 Å². The second kappa shape index (κ2) is 27.3. The van der Waals surface area contributed by atoms with Gasteiger partial charge in [-0.05, 0) is 109 Å². The molecule has 5 heterocycles. The van der Waals surface area contributed by atoms with Gasteiger partial charge in [-0.15, -0.1) is 0 Å². The van der Waals surface area contributed by atoms with Crippen LogP contribution < -0.4 is 0 Å². The standard InChI is InChI=1S/C67H100O27/c1-30-43(72)47(76)51(80)58(86-30)93-55-49(78)46(75)36(27-69)88-60(55)94-54-48(77)45(74)35(26-68)87-59(54)89-37-29-85-57(52(81)53(37)92-56-50(79)44(73)34(70)28-84-56)91-40-19-20-64(6)38(63(40,4)5)18-21-66(8)39(64)16-15-32-33-24-62(2,3)41(25-67(33,61(82)83)23-22-65(32,66)7)90-42(71)17-14-31-12-10-9-11-13-31/h9-15,17,30,33-41,43-60,68-70,72-81H,16,18-29H2,1-8H3,(H,82,83)/b17-14+/t30-,33?,34-,35+,36+,37+,38?,39?,40-,41-,43-,44-,45+,46+,47+,48-,49-,50+,51+,52+,53-,54+,55+,56-,57-,58-,59-,60-,64-,65+,66+,67+/m0/s1. The lowest BCUT2D eigenvalue weighted by Crippen LogP contribution is -2.68. The van der Waals surface area contributed by atoms with Gasteiger partial charge >= 0.3 is 11.9 Å². The summed E-state index contributed by atoms with van der Waals surface area (Å²) >= 11 is 0. The van der Waals surface area contributed by atoms with Gasteiger partial charge < -0.3 is 124 Å². The van der Waals surface area contributed by atoms with E-state index in [0.29, 0.717) is 32.1 Å². The maximum Gasteiger partial charge on any atom is 0.331 e. The first-order chi connectivity index (χ1) is 44.3. The molecule has 0 aromatic heterocycles. The van der Waals surface area contributed by atoms with E-state index < -0.39 is 208 Å². The Hall–Kier alpha value is -3.28. The quantitative estimate of drug-likeness (QED) is 0.0445. The van der Waals surface area contributed by atoms with Crippen LogP contribution >= 0.6 is 0 Å². The molecule has 94 heavy (non-hydrogen) atoms. The third kappa shape index (κ3) is 12.6. The zero-order chi connectivity index (χ0) is 68.1. The number of carboxylic acids is 1. The summed E-state index contributed by atoms with van der Waals surface area (Å²) in [6.07, 6.45) is -30.5. The van der Waals surface area contributed by atoms with Gasteiger partial charge in [-0.1, -0.05) is 90.4 Å². The molecular weight excluding hydrogens is 1240 g/mol. The average molecular weight is 1340 g/mol.